The van der Waals surface area contributed by atoms with Gasteiger partial charge in [0.05, 0.1) is 5.67 Å². The van der Waals surface area contributed by atoms with Gasteiger partial charge in [-0.3, -0.25) is 0 Å². The Morgan fingerprint density at radius 3 is 1.32 bits per heavy atom. The molecule has 0 saturated carbocycles. The lowest BCUT2D eigenvalue weighted by molar-refractivity contribution is 0.0566. The molecule has 4 nitrogen and oxygen atoms in total. The third-order valence-electron chi connectivity index (χ3n) is 6.23. The maximum Gasteiger partial charge on any atom is 0.518 e. The van der Waals surface area contributed by atoms with E-state index in [0.29, 0.717) is 0 Å². The summed E-state index contributed by atoms with van der Waals surface area (Å²) in [6.45, 7) is 9.57. The minimum atomic E-state index is -2.66. The van der Waals surface area contributed by atoms with Gasteiger partial charge in [0.2, 0.25) is 0 Å². The van der Waals surface area contributed by atoms with Crippen LogP contribution < -0.4 is 5.32 Å². The molecule has 0 fully saturated rings. The van der Waals surface area contributed by atoms with Crippen molar-refractivity contribution >= 4 is 8.80 Å². The average Bonchev–Trinajstić information content (AvgIpc) is 2.77. The summed E-state index contributed by atoms with van der Waals surface area (Å²) in [5, 5.41) is 3.65. The van der Waals surface area contributed by atoms with Crippen LogP contribution >= 0.6 is 0 Å². The van der Waals surface area contributed by atoms with Crippen molar-refractivity contribution in [3.05, 3.63) is 0 Å². The van der Waals surface area contributed by atoms with E-state index in [-0.39, 0.29) is 11.8 Å². The largest absolute Gasteiger partial charge is 0.518 e. The van der Waals surface area contributed by atoms with Crippen molar-refractivity contribution in [2.75, 3.05) is 20.8 Å². The van der Waals surface area contributed by atoms with Gasteiger partial charge in [0.15, 0.2) is 0 Å². The second kappa shape index (κ2) is 21.9. The molecule has 0 aromatic carbocycles. The second-order valence-electron chi connectivity index (χ2n) is 9.40. The lowest BCUT2D eigenvalue weighted by Gasteiger charge is -2.35. The third-order valence-corrected chi connectivity index (χ3v) is 9.63. The molecule has 0 aromatic rings. The van der Waals surface area contributed by atoms with Crippen molar-refractivity contribution in [1.82, 2.24) is 5.32 Å². The summed E-state index contributed by atoms with van der Waals surface area (Å²) in [6.07, 6.45) is 23.6. The van der Waals surface area contributed by atoms with Crippen molar-refractivity contribution < 1.29 is 13.3 Å². The van der Waals surface area contributed by atoms with Gasteiger partial charge in [-0.15, -0.1) is 0 Å². The van der Waals surface area contributed by atoms with Crippen molar-refractivity contribution in [1.29, 1.82) is 0 Å². The predicted octanol–water partition coefficient (Wildman–Crippen LogP) is 7.81. The highest BCUT2D eigenvalue weighted by molar-refractivity contribution is 6.62. The van der Waals surface area contributed by atoms with Crippen LogP contribution in [0.1, 0.15) is 137 Å². The molecular weight excluding hydrogens is 402 g/mol. The van der Waals surface area contributed by atoms with Gasteiger partial charge < -0.3 is 18.6 Å². The van der Waals surface area contributed by atoms with Crippen LogP contribution in [-0.2, 0) is 13.3 Å². The minimum Gasteiger partial charge on any atom is -0.376 e. The lowest BCUT2D eigenvalue weighted by atomic mass is 10.0. The first kappa shape index (κ1) is 31.1. The Morgan fingerprint density at radius 1 is 0.613 bits per heavy atom. The molecule has 5 heteroatoms. The molecule has 0 heterocycles. The Balaban J connectivity index is 3.59. The summed E-state index contributed by atoms with van der Waals surface area (Å²) >= 11 is 0. The molecule has 0 aliphatic carbocycles. The van der Waals surface area contributed by atoms with Gasteiger partial charge >= 0.3 is 8.80 Å². The first-order valence-corrected chi connectivity index (χ1v) is 15.4. The van der Waals surface area contributed by atoms with Gasteiger partial charge in [0.1, 0.15) is 0 Å². The van der Waals surface area contributed by atoms with E-state index >= 15 is 0 Å². The van der Waals surface area contributed by atoms with E-state index in [2.05, 4.69) is 19.2 Å². The van der Waals surface area contributed by atoms with Gasteiger partial charge in [0.25, 0.3) is 0 Å². The summed E-state index contributed by atoms with van der Waals surface area (Å²) in [4.78, 5) is 0. The fourth-order valence-electron chi connectivity index (χ4n) is 4.34. The fourth-order valence-corrected chi connectivity index (χ4v) is 6.99. The Morgan fingerprint density at radius 2 is 1.00 bits per heavy atom. The van der Waals surface area contributed by atoms with E-state index in [1.54, 1.807) is 14.2 Å². The zero-order valence-electron chi connectivity index (χ0n) is 22.1. The van der Waals surface area contributed by atoms with Crippen LogP contribution in [0, 0.1) is 0 Å². The molecule has 0 aliphatic rings. The van der Waals surface area contributed by atoms with Crippen LogP contribution in [-0.4, -0.2) is 41.3 Å². The standard InChI is InChI=1S/C26H57NO3Si/c1-7-9-10-11-12-13-14-15-16-17-18-19-20-21-22-23-24-27-26(8-2)31(28-5,29-6)30-25(3)4/h25-27H,7-24H2,1-6H3. The third kappa shape index (κ3) is 16.3. The Labute approximate surface area is 197 Å². The van der Waals surface area contributed by atoms with Crippen LogP contribution in [0.25, 0.3) is 0 Å². The number of hydrogen-bond donors (Lipinski definition) is 1. The van der Waals surface area contributed by atoms with Gasteiger partial charge in [0, 0.05) is 20.3 Å². The summed E-state index contributed by atoms with van der Waals surface area (Å²) in [5.41, 5.74) is 0.168. The molecule has 1 N–H and O–H groups in total. The fraction of sp³-hybridized carbons (Fsp3) is 1.00. The topological polar surface area (TPSA) is 39.7 Å². The van der Waals surface area contributed by atoms with Gasteiger partial charge in [-0.25, -0.2) is 0 Å². The number of nitrogens with one attached hydrogen (secondary N) is 1. The summed E-state index contributed by atoms with van der Waals surface area (Å²) in [6, 6.07) is 0. The monoisotopic (exact) mass is 459 g/mol. The van der Waals surface area contributed by atoms with Crippen molar-refractivity contribution in [2.45, 2.75) is 149 Å². The molecule has 1 unspecified atom stereocenters. The highest BCUT2D eigenvalue weighted by atomic mass is 28.4. The van der Waals surface area contributed by atoms with E-state index in [9.17, 15) is 0 Å². The lowest BCUT2D eigenvalue weighted by Crippen LogP contribution is -2.61. The molecule has 0 amide bonds. The minimum absolute atomic E-state index is 0.109. The molecule has 0 saturated heterocycles. The maximum absolute atomic E-state index is 6.10. The van der Waals surface area contributed by atoms with E-state index in [1.807, 2.05) is 13.8 Å². The highest BCUT2D eigenvalue weighted by Gasteiger charge is 2.47. The molecule has 1 atom stereocenters. The summed E-state index contributed by atoms with van der Waals surface area (Å²) < 4.78 is 17.6. The molecule has 0 rings (SSSR count). The van der Waals surface area contributed by atoms with Gasteiger partial charge in [-0.2, -0.15) is 0 Å². The molecular formula is C26H57NO3Si. The Bertz CT molecular complexity index is 365. The van der Waals surface area contributed by atoms with Crippen LogP contribution in [0.3, 0.4) is 0 Å². The molecule has 188 valence electrons. The van der Waals surface area contributed by atoms with Gasteiger partial charge in [-0.05, 0) is 33.2 Å². The zero-order chi connectivity index (χ0) is 23.2. The van der Waals surface area contributed by atoms with Crippen LogP contribution in [0.2, 0.25) is 0 Å². The van der Waals surface area contributed by atoms with Crippen LogP contribution in [0.5, 0.6) is 0 Å². The summed E-state index contributed by atoms with van der Waals surface area (Å²) in [5.74, 6) is 0. The molecule has 31 heavy (non-hydrogen) atoms. The molecule has 0 aliphatic heterocycles. The normalized spacial score (nSPS) is 13.3. The van der Waals surface area contributed by atoms with E-state index < -0.39 is 8.80 Å². The number of rotatable bonds is 24. The average molecular weight is 460 g/mol. The SMILES string of the molecule is CCCCCCCCCCCCCCCCCCNC(CC)[Si](OC)(OC)OC(C)C. The molecule has 0 spiro atoms. The zero-order valence-corrected chi connectivity index (χ0v) is 23.1. The quantitative estimate of drug-likeness (QED) is 0.118. The Hall–Kier alpha value is 0.0569. The predicted molar refractivity (Wildman–Crippen MR) is 138 cm³/mol. The Kier molecular flexibility index (Phi) is 21.9. The number of unbranched alkanes of at least 4 members (excludes halogenated alkanes) is 15. The van der Waals surface area contributed by atoms with Crippen molar-refractivity contribution in [2.24, 2.45) is 0 Å². The van der Waals surface area contributed by atoms with Crippen molar-refractivity contribution in [3.8, 4) is 0 Å². The first-order chi connectivity index (χ1) is 15.1. The molecule has 0 aromatic heterocycles. The summed E-state index contributed by atoms with van der Waals surface area (Å²) in [7, 11) is 0.781. The van der Waals surface area contributed by atoms with Crippen LogP contribution in [0.15, 0.2) is 0 Å². The highest BCUT2D eigenvalue weighted by Crippen LogP contribution is 2.18. The van der Waals surface area contributed by atoms with Crippen LogP contribution in [0.4, 0.5) is 0 Å². The maximum atomic E-state index is 6.10. The molecule has 0 bridgehead atoms. The first-order valence-electron chi connectivity index (χ1n) is 13.6. The van der Waals surface area contributed by atoms with E-state index in [1.165, 1.54) is 103 Å². The van der Waals surface area contributed by atoms with E-state index in [4.69, 9.17) is 13.3 Å². The van der Waals surface area contributed by atoms with Gasteiger partial charge in [-0.1, -0.05) is 110 Å². The number of hydrogen-bond acceptors (Lipinski definition) is 4. The van der Waals surface area contributed by atoms with Crippen molar-refractivity contribution in [3.63, 3.8) is 0 Å². The smallest absolute Gasteiger partial charge is 0.376 e. The molecule has 0 radical (unpaired) electrons. The second-order valence-corrected chi connectivity index (χ2v) is 12.4. The van der Waals surface area contributed by atoms with E-state index in [0.717, 1.165) is 13.0 Å².